The molecule has 118 valence electrons. The van der Waals surface area contributed by atoms with E-state index >= 15 is 0 Å². The zero-order valence-corrected chi connectivity index (χ0v) is 14.4. The monoisotopic (exact) mass is 324 g/mol. The van der Waals surface area contributed by atoms with Crippen molar-refractivity contribution in [2.24, 2.45) is 7.05 Å². The topological polar surface area (TPSA) is 43.6 Å². The molecule has 0 bridgehead atoms. The molecule has 0 aliphatic heterocycles. The average Bonchev–Trinajstić information content (AvgIpc) is 2.95. The number of thioether (sulfide) groups is 1. The Morgan fingerprint density at radius 1 is 1.13 bits per heavy atom. The molecule has 1 aromatic carbocycles. The lowest BCUT2D eigenvalue weighted by Crippen LogP contribution is -1.96. The van der Waals surface area contributed by atoms with Crippen LogP contribution in [0.4, 0.5) is 0 Å². The summed E-state index contributed by atoms with van der Waals surface area (Å²) in [5.74, 6) is 2.25. The fourth-order valence-corrected chi connectivity index (χ4v) is 3.21. The van der Waals surface area contributed by atoms with Crippen LogP contribution < -0.4 is 0 Å². The van der Waals surface area contributed by atoms with Gasteiger partial charge in [-0.25, -0.2) is 0 Å². The van der Waals surface area contributed by atoms with E-state index in [0.717, 1.165) is 22.3 Å². The zero-order chi connectivity index (χ0) is 16.2. The minimum atomic E-state index is 0.502. The number of benzene rings is 1. The average molecular weight is 324 g/mol. The molecule has 0 unspecified atom stereocenters. The summed E-state index contributed by atoms with van der Waals surface area (Å²) in [5.41, 5.74) is 3.61. The van der Waals surface area contributed by atoms with Gasteiger partial charge >= 0.3 is 0 Å². The number of nitrogens with zero attached hydrogens (tertiary/aromatic N) is 4. The molecule has 0 aliphatic rings. The molecule has 3 aromatic rings. The maximum atomic E-state index is 4.38. The molecule has 0 saturated carbocycles. The highest BCUT2D eigenvalue weighted by atomic mass is 32.2. The van der Waals surface area contributed by atoms with E-state index in [1.165, 1.54) is 11.1 Å². The fraction of sp³-hybridized carbons (Fsp3) is 0.278. The highest BCUT2D eigenvalue weighted by Crippen LogP contribution is 2.26. The minimum Gasteiger partial charge on any atom is -0.305 e. The summed E-state index contributed by atoms with van der Waals surface area (Å²) in [6.07, 6.45) is 3.67. The SMILES string of the molecule is CC(C)c1cccc(-c2nnc(SCc3cccnc3)n2C)c1. The number of hydrogen-bond donors (Lipinski definition) is 0. The summed E-state index contributed by atoms with van der Waals surface area (Å²) in [6, 6.07) is 12.6. The van der Waals surface area contributed by atoms with Crippen molar-refractivity contribution < 1.29 is 0 Å². The van der Waals surface area contributed by atoms with Crippen LogP contribution in [0.15, 0.2) is 53.9 Å². The molecule has 0 fully saturated rings. The number of aromatic nitrogens is 4. The highest BCUT2D eigenvalue weighted by Gasteiger charge is 2.12. The second kappa shape index (κ2) is 6.96. The van der Waals surface area contributed by atoms with Gasteiger partial charge < -0.3 is 4.57 Å². The number of rotatable bonds is 5. The van der Waals surface area contributed by atoms with Gasteiger partial charge in [0, 0.05) is 30.8 Å². The molecule has 2 heterocycles. The van der Waals surface area contributed by atoms with E-state index < -0.39 is 0 Å². The molecule has 0 atom stereocenters. The maximum absolute atomic E-state index is 4.38. The van der Waals surface area contributed by atoms with E-state index in [1.807, 2.05) is 19.3 Å². The summed E-state index contributed by atoms with van der Waals surface area (Å²) in [5, 5.41) is 9.63. The number of hydrogen-bond acceptors (Lipinski definition) is 4. The lowest BCUT2D eigenvalue weighted by Gasteiger charge is -2.08. The molecule has 0 amide bonds. The van der Waals surface area contributed by atoms with Crippen molar-refractivity contribution in [1.82, 2.24) is 19.7 Å². The molecule has 2 aromatic heterocycles. The molecule has 0 aliphatic carbocycles. The third-order valence-corrected chi connectivity index (χ3v) is 4.83. The van der Waals surface area contributed by atoms with E-state index in [0.29, 0.717) is 5.92 Å². The third-order valence-electron chi connectivity index (χ3n) is 3.74. The number of pyridine rings is 1. The third kappa shape index (κ3) is 3.62. The summed E-state index contributed by atoms with van der Waals surface area (Å²) in [6.45, 7) is 4.40. The Hall–Kier alpha value is -2.14. The fourth-order valence-electron chi connectivity index (χ4n) is 2.36. The van der Waals surface area contributed by atoms with E-state index in [-0.39, 0.29) is 0 Å². The summed E-state index contributed by atoms with van der Waals surface area (Å²) >= 11 is 1.68. The molecule has 23 heavy (non-hydrogen) atoms. The second-order valence-corrected chi connectivity index (χ2v) is 6.74. The first-order chi connectivity index (χ1) is 11.1. The molecule has 4 nitrogen and oxygen atoms in total. The zero-order valence-electron chi connectivity index (χ0n) is 13.6. The van der Waals surface area contributed by atoms with Gasteiger partial charge in [0.2, 0.25) is 0 Å². The van der Waals surface area contributed by atoms with Crippen LogP contribution >= 0.6 is 11.8 Å². The van der Waals surface area contributed by atoms with Crippen LogP contribution in [0.25, 0.3) is 11.4 Å². The van der Waals surface area contributed by atoms with Crippen LogP contribution in [-0.2, 0) is 12.8 Å². The van der Waals surface area contributed by atoms with E-state index in [4.69, 9.17) is 0 Å². The largest absolute Gasteiger partial charge is 0.305 e. The molecule has 0 saturated heterocycles. The molecule has 0 spiro atoms. The molecule has 3 rings (SSSR count). The Morgan fingerprint density at radius 2 is 2.00 bits per heavy atom. The predicted molar refractivity (Wildman–Crippen MR) is 94.3 cm³/mol. The first-order valence-electron chi connectivity index (χ1n) is 7.66. The maximum Gasteiger partial charge on any atom is 0.191 e. The van der Waals surface area contributed by atoms with Gasteiger partial charge in [-0.3, -0.25) is 4.98 Å². The summed E-state index contributed by atoms with van der Waals surface area (Å²) in [7, 11) is 2.02. The standard InChI is InChI=1S/C18H20N4S/c1-13(2)15-7-4-8-16(10-15)17-20-21-18(22(17)3)23-12-14-6-5-9-19-11-14/h4-11,13H,12H2,1-3H3. The van der Waals surface area contributed by atoms with Crippen molar-refractivity contribution in [3.63, 3.8) is 0 Å². The summed E-state index contributed by atoms with van der Waals surface area (Å²) < 4.78 is 2.06. The Balaban J connectivity index is 1.80. The molecular weight excluding hydrogens is 304 g/mol. The van der Waals surface area contributed by atoms with Crippen LogP contribution in [0.3, 0.4) is 0 Å². The van der Waals surface area contributed by atoms with Crippen molar-refractivity contribution >= 4 is 11.8 Å². The molecule has 0 radical (unpaired) electrons. The van der Waals surface area contributed by atoms with Gasteiger partial charge in [-0.15, -0.1) is 10.2 Å². The molecule has 0 N–H and O–H groups in total. The van der Waals surface area contributed by atoms with Crippen LogP contribution in [0, 0.1) is 0 Å². The van der Waals surface area contributed by atoms with Gasteiger partial charge in [-0.05, 0) is 29.2 Å². The van der Waals surface area contributed by atoms with E-state index in [2.05, 4.69) is 63.9 Å². The van der Waals surface area contributed by atoms with Crippen LogP contribution in [0.5, 0.6) is 0 Å². The van der Waals surface area contributed by atoms with Crippen molar-refractivity contribution in [2.45, 2.75) is 30.7 Å². The van der Waals surface area contributed by atoms with Gasteiger partial charge in [0.15, 0.2) is 11.0 Å². The van der Waals surface area contributed by atoms with E-state index in [9.17, 15) is 0 Å². The smallest absolute Gasteiger partial charge is 0.191 e. The Bertz CT molecular complexity index is 781. The van der Waals surface area contributed by atoms with Gasteiger partial charge in [0.1, 0.15) is 0 Å². The lowest BCUT2D eigenvalue weighted by molar-refractivity contribution is 0.793. The van der Waals surface area contributed by atoms with Gasteiger partial charge in [0.05, 0.1) is 0 Å². The Morgan fingerprint density at radius 3 is 2.74 bits per heavy atom. The van der Waals surface area contributed by atoms with Gasteiger partial charge in [0.25, 0.3) is 0 Å². The first-order valence-corrected chi connectivity index (χ1v) is 8.65. The molecular formula is C18H20N4S. The normalized spacial score (nSPS) is 11.1. The van der Waals surface area contributed by atoms with Crippen LogP contribution in [-0.4, -0.2) is 19.7 Å². The van der Waals surface area contributed by atoms with E-state index in [1.54, 1.807) is 18.0 Å². The lowest BCUT2D eigenvalue weighted by atomic mass is 10.0. The minimum absolute atomic E-state index is 0.502. The van der Waals surface area contributed by atoms with Crippen molar-refractivity contribution in [3.8, 4) is 11.4 Å². The van der Waals surface area contributed by atoms with Crippen molar-refractivity contribution in [2.75, 3.05) is 0 Å². The second-order valence-electron chi connectivity index (χ2n) is 5.80. The van der Waals surface area contributed by atoms with Crippen molar-refractivity contribution in [1.29, 1.82) is 0 Å². The highest BCUT2D eigenvalue weighted by molar-refractivity contribution is 7.98. The molecule has 5 heteroatoms. The first kappa shape index (κ1) is 15.7. The van der Waals surface area contributed by atoms with Gasteiger partial charge in [-0.2, -0.15) is 0 Å². The Labute approximate surface area is 141 Å². The van der Waals surface area contributed by atoms with Crippen molar-refractivity contribution in [3.05, 3.63) is 59.9 Å². The quantitative estimate of drug-likeness (QED) is 0.657. The Kier molecular flexibility index (Phi) is 4.76. The predicted octanol–water partition coefficient (Wildman–Crippen LogP) is 4.29. The van der Waals surface area contributed by atoms with Crippen LogP contribution in [0.2, 0.25) is 0 Å². The van der Waals surface area contributed by atoms with Gasteiger partial charge in [-0.1, -0.05) is 49.9 Å². The van der Waals surface area contributed by atoms with Crippen LogP contribution in [0.1, 0.15) is 30.9 Å². The summed E-state index contributed by atoms with van der Waals surface area (Å²) in [4.78, 5) is 4.14.